The maximum atomic E-state index is 5.37. The van der Waals surface area contributed by atoms with Crippen LogP contribution in [0.15, 0.2) is 24.4 Å². The molecule has 3 rings (SSSR count). The molecule has 1 aliphatic carbocycles. The van der Waals surface area contributed by atoms with E-state index in [2.05, 4.69) is 25.8 Å². The number of hydrogen-bond donors (Lipinski definition) is 2. The second-order valence-corrected chi connectivity index (χ2v) is 6.19. The SMILES string of the molecule is COc1ccc(OC)c(Nc2nncc(NC3CCCCCC3)n2)c1. The fraction of sp³-hybridized carbons (Fsp3) is 0.500. The van der Waals surface area contributed by atoms with Crippen molar-refractivity contribution in [3.05, 3.63) is 24.4 Å². The number of nitrogens with one attached hydrogen (secondary N) is 2. The third kappa shape index (κ3) is 4.71. The average Bonchev–Trinajstić information content (AvgIpc) is 2.90. The molecule has 1 aromatic heterocycles. The highest BCUT2D eigenvalue weighted by molar-refractivity contribution is 5.65. The summed E-state index contributed by atoms with van der Waals surface area (Å²) in [7, 11) is 3.25. The molecule has 0 atom stereocenters. The van der Waals surface area contributed by atoms with Gasteiger partial charge in [-0.25, -0.2) is 0 Å². The van der Waals surface area contributed by atoms with Crippen molar-refractivity contribution in [2.75, 3.05) is 24.9 Å². The number of nitrogens with zero attached hydrogens (tertiary/aromatic N) is 3. The van der Waals surface area contributed by atoms with Gasteiger partial charge in [0.05, 0.1) is 26.1 Å². The summed E-state index contributed by atoms with van der Waals surface area (Å²) in [6.45, 7) is 0. The van der Waals surface area contributed by atoms with Gasteiger partial charge < -0.3 is 20.1 Å². The number of ether oxygens (including phenoxy) is 2. The van der Waals surface area contributed by atoms with Crippen molar-refractivity contribution in [1.29, 1.82) is 0 Å². The molecule has 7 heteroatoms. The van der Waals surface area contributed by atoms with Crippen molar-refractivity contribution >= 4 is 17.5 Å². The zero-order chi connectivity index (χ0) is 17.5. The molecule has 2 aromatic rings. The van der Waals surface area contributed by atoms with Gasteiger partial charge >= 0.3 is 0 Å². The molecular weight excluding hydrogens is 318 g/mol. The number of rotatable bonds is 6. The lowest BCUT2D eigenvalue weighted by molar-refractivity contribution is 0.405. The highest BCUT2D eigenvalue weighted by atomic mass is 16.5. The number of methoxy groups -OCH3 is 2. The van der Waals surface area contributed by atoms with Crippen molar-refractivity contribution in [2.24, 2.45) is 0 Å². The van der Waals surface area contributed by atoms with Crippen LogP contribution in [-0.2, 0) is 0 Å². The first-order valence-electron chi connectivity index (χ1n) is 8.74. The van der Waals surface area contributed by atoms with Gasteiger partial charge in [0, 0.05) is 12.1 Å². The van der Waals surface area contributed by atoms with E-state index in [1.54, 1.807) is 20.4 Å². The molecule has 0 bridgehead atoms. The van der Waals surface area contributed by atoms with Gasteiger partial charge in [-0.15, -0.1) is 5.10 Å². The lowest BCUT2D eigenvalue weighted by atomic mass is 10.1. The fourth-order valence-corrected chi connectivity index (χ4v) is 3.09. The first-order chi connectivity index (χ1) is 12.3. The summed E-state index contributed by atoms with van der Waals surface area (Å²) in [6, 6.07) is 5.97. The van der Waals surface area contributed by atoms with E-state index >= 15 is 0 Å². The van der Waals surface area contributed by atoms with Gasteiger partial charge in [-0.1, -0.05) is 25.7 Å². The van der Waals surface area contributed by atoms with Crippen LogP contribution >= 0.6 is 0 Å². The third-order valence-electron chi connectivity index (χ3n) is 4.42. The number of anilines is 3. The summed E-state index contributed by atoms with van der Waals surface area (Å²) in [5, 5.41) is 14.8. The molecular formula is C18H25N5O2. The van der Waals surface area contributed by atoms with Crippen molar-refractivity contribution < 1.29 is 9.47 Å². The second kappa shape index (κ2) is 8.50. The van der Waals surface area contributed by atoms with E-state index in [0.717, 1.165) is 17.3 Å². The zero-order valence-corrected chi connectivity index (χ0v) is 14.8. The summed E-state index contributed by atoms with van der Waals surface area (Å²) < 4.78 is 10.6. The van der Waals surface area contributed by atoms with Crippen LogP contribution in [0, 0.1) is 0 Å². The van der Waals surface area contributed by atoms with Gasteiger partial charge in [0.25, 0.3) is 0 Å². The first kappa shape index (κ1) is 17.3. The smallest absolute Gasteiger partial charge is 0.249 e. The van der Waals surface area contributed by atoms with E-state index in [9.17, 15) is 0 Å². The molecule has 7 nitrogen and oxygen atoms in total. The maximum Gasteiger partial charge on any atom is 0.249 e. The maximum absolute atomic E-state index is 5.37. The molecule has 134 valence electrons. The highest BCUT2D eigenvalue weighted by Gasteiger charge is 2.13. The first-order valence-corrected chi connectivity index (χ1v) is 8.74. The quantitative estimate of drug-likeness (QED) is 0.773. The van der Waals surface area contributed by atoms with Crippen molar-refractivity contribution in [2.45, 2.75) is 44.6 Å². The Balaban J connectivity index is 1.73. The molecule has 0 amide bonds. The van der Waals surface area contributed by atoms with E-state index in [0.29, 0.717) is 17.7 Å². The molecule has 1 aromatic carbocycles. The van der Waals surface area contributed by atoms with Crippen molar-refractivity contribution in [1.82, 2.24) is 15.2 Å². The molecule has 1 saturated carbocycles. The summed E-state index contributed by atoms with van der Waals surface area (Å²) in [5.41, 5.74) is 0.732. The summed E-state index contributed by atoms with van der Waals surface area (Å²) in [5.74, 6) is 2.58. The van der Waals surface area contributed by atoms with Crippen LogP contribution in [0.25, 0.3) is 0 Å². The van der Waals surface area contributed by atoms with Crippen molar-refractivity contribution in [3.8, 4) is 11.5 Å². The van der Waals surface area contributed by atoms with E-state index in [-0.39, 0.29) is 0 Å². The largest absolute Gasteiger partial charge is 0.497 e. The van der Waals surface area contributed by atoms with E-state index in [1.165, 1.54) is 38.5 Å². The number of hydrogen-bond acceptors (Lipinski definition) is 7. The van der Waals surface area contributed by atoms with Crippen LogP contribution in [0.5, 0.6) is 11.5 Å². The van der Waals surface area contributed by atoms with E-state index in [4.69, 9.17) is 9.47 Å². The summed E-state index contributed by atoms with van der Waals surface area (Å²) in [4.78, 5) is 4.53. The Morgan fingerprint density at radius 1 is 1.04 bits per heavy atom. The van der Waals surface area contributed by atoms with Crippen LogP contribution in [0.4, 0.5) is 17.5 Å². The minimum Gasteiger partial charge on any atom is -0.497 e. The molecule has 0 saturated heterocycles. The Kier molecular flexibility index (Phi) is 5.87. The van der Waals surface area contributed by atoms with Crippen LogP contribution in [0.2, 0.25) is 0 Å². The Morgan fingerprint density at radius 3 is 2.56 bits per heavy atom. The predicted molar refractivity (Wildman–Crippen MR) is 97.8 cm³/mol. The monoisotopic (exact) mass is 343 g/mol. The minimum atomic E-state index is 0.421. The lowest BCUT2D eigenvalue weighted by Gasteiger charge is -2.17. The van der Waals surface area contributed by atoms with Gasteiger partial charge in [-0.2, -0.15) is 10.1 Å². The third-order valence-corrected chi connectivity index (χ3v) is 4.42. The van der Waals surface area contributed by atoms with E-state index < -0.39 is 0 Å². The van der Waals surface area contributed by atoms with Crippen molar-refractivity contribution in [3.63, 3.8) is 0 Å². The van der Waals surface area contributed by atoms with Gasteiger partial charge in [0.2, 0.25) is 5.95 Å². The Labute approximate surface area is 148 Å². The lowest BCUT2D eigenvalue weighted by Crippen LogP contribution is -2.19. The molecule has 0 aliphatic heterocycles. The average molecular weight is 343 g/mol. The van der Waals surface area contributed by atoms with Crippen LogP contribution in [0.1, 0.15) is 38.5 Å². The van der Waals surface area contributed by atoms with E-state index in [1.807, 2.05) is 18.2 Å². The number of benzene rings is 1. The molecule has 0 unspecified atom stereocenters. The normalized spacial score (nSPS) is 15.3. The Bertz CT molecular complexity index is 687. The molecule has 25 heavy (non-hydrogen) atoms. The topological polar surface area (TPSA) is 81.2 Å². The second-order valence-electron chi connectivity index (χ2n) is 6.19. The summed E-state index contributed by atoms with van der Waals surface area (Å²) in [6.07, 6.45) is 9.20. The molecule has 1 heterocycles. The zero-order valence-electron chi connectivity index (χ0n) is 14.8. The van der Waals surface area contributed by atoms with Crippen LogP contribution in [0.3, 0.4) is 0 Å². The molecule has 1 fully saturated rings. The highest BCUT2D eigenvalue weighted by Crippen LogP contribution is 2.30. The Hall–Kier alpha value is -2.57. The minimum absolute atomic E-state index is 0.421. The number of aromatic nitrogens is 3. The molecule has 1 aliphatic rings. The fourth-order valence-electron chi connectivity index (χ4n) is 3.09. The molecule has 2 N–H and O–H groups in total. The molecule has 0 radical (unpaired) electrons. The van der Waals surface area contributed by atoms with Gasteiger partial charge in [-0.05, 0) is 25.0 Å². The molecule has 0 spiro atoms. The Morgan fingerprint density at radius 2 is 1.84 bits per heavy atom. The van der Waals surface area contributed by atoms with Gasteiger partial charge in [0.1, 0.15) is 11.5 Å². The summed E-state index contributed by atoms with van der Waals surface area (Å²) >= 11 is 0. The van der Waals surface area contributed by atoms with Crippen LogP contribution in [-0.4, -0.2) is 35.4 Å². The van der Waals surface area contributed by atoms with Gasteiger partial charge in [0.15, 0.2) is 5.82 Å². The van der Waals surface area contributed by atoms with Gasteiger partial charge in [-0.3, -0.25) is 0 Å². The predicted octanol–water partition coefficient (Wildman–Crippen LogP) is 3.77. The standard InChI is InChI=1S/C18H25N5O2/c1-24-14-9-10-16(25-2)15(11-14)21-18-22-17(12-19-23-18)20-13-7-5-3-4-6-8-13/h9-13H,3-8H2,1-2H3,(H2,20,21,22,23). The van der Waals surface area contributed by atoms with Crippen LogP contribution < -0.4 is 20.1 Å².